The maximum absolute atomic E-state index is 9.06. The van der Waals surface area contributed by atoms with Crippen molar-refractivity contribution in [3.8, 4) is 17.2 Å². The van der Waals surface area contributed by atoms with Gasteiger partial charge in [0.25, 0.3) is 0 Å². The smallest absolute Gasteiger partial charge is 0.203 e. The van der Waals surface area contributed by atoms with E-state index in [9.17, 15) is 0 Å². The van der Waals surface area contributed by atoms with Gasteiger partial charge in [0.1, 0.15) is 0 Å². The number of para-hydroxylation sites is 1. The van der Waals surface area contributed by atoms with Crippen molar-refractivity contribution in [2.24, 2.45) is 0 Å². The van der Waals surface area contributed by atoms with Crippen LogP contribution < -0.4 is 19.5 Å². The van der Waals surface area contributed by atoms with Crippen LogP contribution in [0.1, 0.15) is 6.42 Å². The highest BCUT2D eigenvalue weighted by molar-refractivity contribution is 5.51. The van der Waals surface area contributed by atoms with Crippen molar-refractivity contribution in [3.05, 3.63) is 18.2 Å². The molecular formula is C13H21NO4. The van der Waals surface area contributed by atoms with Gasteiger partial charge in [-0.3, -0.25) is 0 Å². The van der Waals surface area contributed by atoms with E-state index >= 15 is 0 Å². The normalized spacial score (nSPS) is 12.0. The highest BCUT2D eigenvalue weighted by atomic mass is 16.5. The van der Waals surface area contributed by atoms with Crippen LogP contribution in [-0.4, -0.2) is 45.6 Å². The molecule has 0 aliphatic rings. The Morgan fingerprint density at radius 1 is 1.22 bits per heavy atom. The summed E-state index contributed by atoms with van der Waals surface area (Å²) < 4.78 is 16.1. The Hall–Kier alpha value is -1.46. The van der Waals surface area contributed by atoms with E-state index in [1.165, 1.54) is 0 Å². The fourth-order valence-electron chi connectivity index (χ4n) is 1.59. The number of hydrogen-bond acceptors (Lipinski definition) is 5. The minimum Gasteiger partial charge on any atom is -0.493 e. The Kier molecular flexibility index (Phi) is 6.32. The Morgan fingerprint density at radius 2 is 1.83 bits per heavy atom. The second kappa shape index (κ2) is 7.79. The molecule has 0 fully saturated rings. The third-order valence-corrected chi connectivity index (χ3v) is 2.72. The molecule has 0 aromatic heterocycles. The second-order valence-electron chi connectivity index (χ2n) is 3.80. The van der Waals surface area contributed by atoms with Crippen LogP contribution in [0.25, 0.3) is 0 Å². The highest BCUT2D eigenvalue weighted by Crippen LogP contribution is 2.36. The molecule has 1 unspecified atom stereocenters. The minimum atomic E-state index is 0.0331. The predicted octanol–water partition coefficient (Wildman–Crippen LogP) is 1.05. The van der Waals surface area contributed by atoms with Gasteiger partial charge in [-0.25, -0.2) is 0 Å². The lowest BCUT2D eigenvalue weighted by atomic mass is 10.2. The molecule has 1 rings (SSSR count). The maximum Gasteiger partial charge on any atom is 0.203 e. The maximum atomic E-state index is 9.06. The largest absolute Gasteiger partial charge is 0.493 e. The first-order chi connectivity index (χ1) is 8.76. The fourth-order valence-corrected chi connectivity index (χ4v) is 1.59. The van der Waals surface area contributed by atoms with Gasteiger partial charge in [0.2, 0.25) is 5.75 Å². The second-order valence-corrected chi connectivity index (χ2v) is 3.80. The first-order valence-corrected chi connectivity index (χ1v) is 5.88. The van der Waals surface area contributed by atoms with Crippen LogP contribution in [0.15, 0.2) is 18.2 Å². The van der Waals surface area contributed by atoms with Gasteiger partial charge in [-0.05, 0) is 25.6 Å². The molecular weight excluding hydrogens is 234 g/mol. The van der Waals surface area contributed by atoms with Gasteiger partial charge in [0, 0.05) is 6.04 Å². The molecule has 1 atom stereocenters. The number of aliphatic hydroxyl groups excluding tert-OH is 1. The molecule has 102 valence electrons. The van der Waals surface area contributed by atoms with Gasteiger partial charge in [-0.1, -0.05) is 6.07 Å². The monoisotopic (exact) mass is 255 g/mol. The molecule has 0 bridgehead atoms. The predicted molar refractivity (Wildman–Crippen MR) is 69.6 cm³/mol. The average Bonchev–Trinajstić information content (AvgIpc) is 2.43. The first kappa shape index (κ1) is 14.6. The van der Waals surface area contributed by atoms with Gasteiger partial charge in [-0.2, -0.15) is 0 Å². The average molecular weight is 255 g/mol. The number of likely N-dealkylation sites (N-methyl/N-ethyl adjacent to an activating group) is 1. The summed E-state index contributed by atoms with van der Waals surface area (Å²) in [5.41, 5.74) is 0. The lowest BCUT2D eigenvalue weighted by Crippen LogP contribution is -2.30. The number of nitrogens with one attached hydrogen (secondary N) is 1. The van der Waals surface area contributed by atoms with E-state index in [1.807, 2.05) is 25.2 Å². The summed E-state index contributed by atoms with van der Waals surface area (Å²) in [6, 6.07) is 5.51. The van der Waals surface area contributed by atoms with Gasteiger partial charge < -0.3 is 24.6 Å². The number of ether oxygens (including phenoxy) is 3. The Bertz CT molecular complexity index is 331. The third-order valence-electron chi connectivity index (χ3n) is 2.72. The molecule has 5 nitrogen and oxygen atoms in total. The van der Waals surface area contributed by atoms with Crippen LogP contribution in [0.5, 0.6) is 17.2 Å². The summed E-state index contributed by atoms with van der Waals surface area (Å²) in [4.78, 5) is 0. The summed E-state index contributed by atoms with van der Waals surface area (Å²) in [5, 5.41) is 12.1. The number of benzene rings is 1. The van der Waals surface area contributed by atoms with Crippen LogP contribution in [0, 0.1) is 0 Å². The zero-order valence-electron chi connectivity index (χ0n) is 11.1. The lowest BCUT2D eigenvalue weighted by molar-refractivity contribution is 0.208. The molecule has 1 aromatic rings. The number of methoxy groups -OCH3 is 2. The zero-order chi connectivity index (χ0) is 13.4. The summed E-state index contributed by atoms with van der Waals surface area (Å²) >= 11 is 0. The molecule has 0 aliphatic heterocycles. The molecule has 1 aromatic carbocycles. The third kappa shape index (κ3) is 3.78. The van der Waals surface area contributed by atoms with Crippen LogP contribution in [0.2, 0.25) is 0 Å². The van der Waals surface area contributed by atoms with E-state index < -0.39 is 0 Å². The van der Waals surface area contributed by atoms with Gasteiger partial charge in [0.15, 0.2) is 11.5 Å². The Labute approximate surface area is 108 Å². The molecule has 0 aliphatic carbocycles. The van der Waals surface area contributed by atoms with Gasteiger partial charge in [0.05, 0.1) is 27.4 Å². The van der Waals surface area contributed by atoms with Crippen molar-refractivity contribution in [3.63, 3.8) is 0 Å². The highest BCUT2D eigenvalue weighted by Gasteiger charge is 2.12. The number of aliphatic hydroxyl groups is 1. The molecule has 0 heterocycles. The van der Waals surface area contributed by atoms with Crippen molar-refractivity contribution in [2.45, 2.75) is 12.5 Å². The summed E-state index contributed by atoms with van der Waals surface area (Å²) in [6.45, 7) is 0.561. The van der Waals surface area contributed by atoms with Crippen molar-refractivity contribution >= 4 is 0 Å². The number of rotatable bonds is 8. The SMILES string of the molecule is CNC(CO)CCOc1c(OC)cccc1OC. The van der Waals surface area contributed by atoms with E-state index in [-0.39, 0.29) is 12.6 Å². The summed E-state index contributed by atoms with van der Waals surface area (Å²) in [7, 11) is 4.99. The van der Waals surface area contributed by atoms with Crippen molar-refractivity contribution < 1.29 is 19.3 Å². The van der Waals surface area contributed by atoms with Crippen LogP contribution in [0.3, 0.4) is 0 Å². The van der Waals surface area contributed by atoms with Gasteiger partial charge in [-0.15, -0.1) is 0 Å². The molecule has 0 saturated carbocycles. The molecule has 2 N–H and O–H groups in total. The van der Waals surface area contributed by atoms with Crippen LogP contribution in [0.4, 0.5) is 0 Å². The summed E-state index contributed by atoms with van der Waals surface area (Å²) in [5.74, 6) is 1.87. The van der Waals surface area contributed by atoms with E-state index in [1.54, 1.807) is 14.2 Å². The van der Waals surface area contributed by atoms with E-state index in [0.717, 1.165) is 0 Å². The van der Waals surface area contributed by atoms with Crippen LogP contribution >= 0.6 is 0 Å². The molecule has 5 heteroatoms. The minimum absolute atomic E-state index is 0.0331. The van der Waals surface area contributed by atoms with E-state index in [4.69, 9.17) is 19.3 Å². The quantitative estimate of drug-likeness (QED) is 0.727. The molecule has 0 saturated heterocycles. The topological polar surface area (TPSA) is 60.0 Å². The van der Waals surface area contributed by atoms with Gasteiger partial charge >= 0.3 is 0 Å². The fraction of sp³-hybridized carbons (Fsp3) is 0.538. The Morgan fingerprint density at radius 3 is 2.28 bits per heavy atom. The van der Waals surface area contributed by atoms with Crippen molar-refractivity contribution in [2.75, 3.05) is 34.5 Å². The zero-order valence-corrected chi connectivity index (χ0v) is 11.1. The van der Waals surface area contributed by atoms with Crippen LogP contribution in [-0.2, 0) is 0 Å². The lowest BCUT2D eigenvalue weighted by Gasteiger charge is -2.16. The molecule has 0 radical (unpaired) electrons. The first-order valence-electron chi connectivity index (χ1n) is 5.88. The van der Waals surface area contributed by atoms with Crippen molar-refractivity contribution in [1.29, 1.82) is 0 Å². The van der Waals surface area contributed by atoms with E-state index in [0.29, 0.717) is 30.3 Å². The standard InChI is InChI=1S/C13H21NO4/c1-14-10(9-15)7-8-18-13-11(16-2)5-4-6-12(13)17-3/h4-6,10,14-15H,7-9H2,1-3H3. The molecule has 18 heavy (non-hydrogen) atoms. The number of hydrogen-bond donors (Lipinski definition) is 2. The summed E-state index contributed by atoms with van der Waals surface area (Å²) in [6.07, 6.45) is 0.703. The Balaban J connectivity index is 2.65. The van der Waals surface area contributed by atoms with E-state index in [2.05, 4.69) is 5.32 Å². The molecule has 0 spiro atoms. The van der Waals surface area contributed by atoms with Crippen molar-refractivity contribution in [1.82, 2.24) is 5.32 Å². The molecule has 0 amide bonds.